The highest BCUT2D eigenvalue weighted by Gasteiger charge is 2.72. The molecule has 6 atom stereocenters. The summed E-state index contributed by atoms with van der Waals surface area (Å²) in [6, 6.07) is 8.16. The number of hydrogen-bond donors (Lipinski definition) is 1. The monoisotopic (exact) mass is 522 g/mol. The third-order valence-electron chi connectivity index (χ3n) is 8.19. The van der Waals surface area contributed by atoms with Crippen LogP contribution in [-0.4, -0.2) is 76.2 Å². The quantitative estimate of drug-likeness (QED) is 0.456. The van der Waals surface area contributed by atoms with E-state index in [9.17, 15) is 19.5 Å². The van der Waals surface area contributed by atoms with Crippen LogP contribution in [0.4, 0.5) is 0 Å². The van der Waals surface area contributed by atoms with Crippen LogP contribution in [0.2, 0.25) is 0 Å². The maximum Gasteiger partial charge on any atom is 0.312 e. The first-order valence-electron chi connectivity index (χ1n) is 13.8. The van der Waals surface area contributed by atoms with Crippen LogP contribution in [0.1, 0.15) is 45.1 Å². The first-order chi connectivity index (χ1) is 18.4. The molecule has 0 bridgehead atoms. The Kier molecular flexibility index (Phi) is 7.73. The lowest BCUT2D eigenvalue weighted by Crippen LogP contribution is -2.58. The summed E-state index contributed by atoms with van der Waals surface area (Å²) in [7, 11) is 0. The second-order valence-corrected chi connectivity index (χ2v) is 11.3. The number of fused-ring (bicyclic) bond motifs is 2. The van der Waals surface area contributed by atoms with Crippen molar-refractivity contribution in [2.45, 2.75) is 69.9 Å². The molecule has 4 heterocycles. The molecule has 8 heteroatoms. The lowest BCUT2D eigenvalue weighted by atomic mass is 9.78. The molecule has 0 aromatic heterocycles. The van der Waals surface area contributed by atoms with E-state index in [1.54, 1.807) is 4.90 Å². The zero-order chi connectivity index (χ0) is 26.9. The van der Waals surface area contributed by atoms with Crippen molar-refractivity contribution in [3.05, 3.63) is 60.2 Å². The van der Waals surface area contributed by atoms with E-state index in [1.807, 2.05) is 68.5 Å². The Morgan fingerprint density at radius 1 is 1.08 bits per heavy atom. The molecule has 0 aliphatic carbocycles. The Morgan fingerprint density at radius 3 is 2.61 bits per heavy atom. The SMILES string of the molecule is CC(C)C[C@H](CO)N1C(=O)[C@@H]2[C@H]3C(=O)OCCCC/C=C\[C@H]3O[C@@]23C=CCN(Cc2ccccc2)C(=O)C13. The number of carbonyl (C=O) groups is 3. The Hall–Kier alpha value is -2.97. The summed E-state index contributed by atoms with van der Waals surface area (Å²) in [6.45, 7) is 4.79. The topological polar surface area (TPSA) is 96.4 Å². The van der Waals surface area contributed by atoms with Crippen molar-refractivity contribution < 1.29 is 29.0 Å². The van der Waals surface area contributed by atoms with Gasteiger partial charge in [-0.3, -0.25) is 14.4 Å². The summed E-state index contributed by atoms with van der Waals surface area (Å²) in [5.74, 6) is -2.62. The van der Waals surface area contributed by atoms with E-state index < -0.39 is 41.6 Å². The van der Waals surface area contributed by atoms with Gasteiger partial charge in [0.2, 0.25) is 11.8 Å². The van der Waals surface area contributed by atoms with E-state index >= 15 is 0 Å². The second-order valence-electron chi connectivity index (χ2n) is 11.3. The molecule has 1 aromatic carbocycles. The summed E-state index contributed by atoms with van der Waals surface area (Å²) in [5.41, 5.74) is -0.344. The zero-order valence-electron chi connectivity index (χ0n) is 22.2. The molecule has 2 amide bonds. The Balaban J connectivity index is 1.59. The number of amides is 2. The number of aliphatic hydroxyl groups is 1. The molecule has 2 fully saturated rings. The summed E-state index contributed by atoms with van der Waals surface area (Å²) >= 11 is 0. The van der Waals surface area contributed by atoms with Gasteiger partial charge in [0.15, 0.2) is 0 Å². The van der Waals surface area contributed by atoms with Crippen LogP contribution in [0.25, 0.3) is 0 Å². The molecule has 8 nitrogen and oxygen atoms in total. The van der Waals surface area contributed by atoms with Crippen molar-refractivity contribution in [2.24, 2.45) is 17.8 Å². The zero-order valence-corrected chi connectivity index (χ0v) is 22.2. The van der Waals surface area contributed by atoms with Crippen LogP contribution < -0.4 is 0 Å². The number of rotatable bonds is 6. The Labute approximate surface area is 224 Å². The largest absolute Gasteiger partial charge is 0.465 e. The normalized spacial score (nSPS) is 32.9. The Morgan fingerprint density at radius 2 is 1.87 bits per heavy atom. The van der Waals surface area contributed by atoms with E-state index in [1.165, 1.54) is 4.90 Å². The van der Waals surface area contributed by atoms with E-state index in [4.69, 9.17) is 9.47 Å². The number of allylic oxidation sites excluding steroid dienone is 1. The molecule has 2 saturated heterocycles. The number of likely N-dealkylation sites (tertiary alicyclic amines) is 1. The minimum Gasteiger partial charge on any atom is -0.465 e. The predicted molar refractivity (Wildman–Crippen MR) is 140 cm³/mol. The smallest absolute Gasteiger partial charge is 0.312 e. The number of nitrogens with zero attached hydrogens (tertiary/aromatic N) is 2. The van der Waals surface area contributed by atoms with Crippen molar-refractivity contribution in [3.63, 3.8) is 0 Å². The van der Waals surface area contributed by atoms with Gasteiger partial charge in [-0.05, 0) is 37.2 Å². The fourth-order valence-electron chi connectivity index (χ4n) is 6.56. The minimum atomic E-state index is -1.32. The number of aliphatic hydroxyl groups excluding tert-OH is 1. The van der Waals surface area contributed by atoms with Gasteiger partial charge in [0.1, 0.15) is 17.6 Å². The fourth-order valence-corrected chi connectivity index (χ4v) is 6.56. The molecule has 1 N–H and O–H groups in total. The van der Waals surface area contributed by atoms with Gasteiger partial charge in [-0.25, -0.2) is 0 Å². The van der Waals surface area contributed by atoms with Crippen LogP contribution in [0, 0.1) is 17.8 Å². The van der Waals surface area contributed by atoms with Gasteiger partial charge in [0.05, 0.1) is 31.3 Å². The van der Waals surface area contributed by atoms with Crippen molar-refractivity contribution in [1.29, 1.82) is 0 Å². The number of esters is 1. The van der Waals surface area contributed by atoms with Gasteiger partial charge in [-0.15, -0.1) is 0 Å². The highest BCUT2D eigenvalue weighted by molar-refractivity contribution is 5.99. The number of ether oxygens (including phenoxy) is 2. The number of carbonyl (C=O) groups excluding carboxylic acids is 3. The van der Waals surface area contributed by atoms with Crippen molar-refractivity contribution in [2.75, 3.05) is 19.8 Å². The summed E-state index contributed by atoms with van der Waals surface area (Å²) in [4.78, 5) is 45.3. The maximum atomic E-state index is 14.4. The number of hydrogen-bond acceptors (Lipinski definition) is 6. The van der Waals surface area contributed by atoms with Crippen molar-refractivity contribution >= 4 is 17.8 Å². The molecule has 0 radical (unpaired) electrons. The summed E-state index contributed by atoms with van der Waals surface area (Å²) in [6.07, 6.45) is 9.91. The Bertz CT molecular complexity index is 1100. The van der Waals surface area contributed by atoms with E-state index in [-0.39, 0.29) is 24.3 Å². The lowest BCUT2D eigenvalue weighted by molar-refractivity contribution is -0.156. The highest BCUT2D eigenvalue weighted by atomic mass is 16.6. The third-order valence-corrected chi connectivity index (χ3v) is 8.19. The molecule has 4 aliphatic heterocycles. The van der Waals surface area contributed by atoms with E-state index in [2.05, 4.69) is 0 Å². The molecule has 1 spiro atoms. The highest BCUT2D eigenvalue weighted by Crippen LogP contribution is 2.54. The molecular weight excluding hydrogens is 484 g/mol. The van der Waals surface area contributed by atoms with E-state index in [0.717, 1.165) is 24.8 Å². The van der Waals surface area contributed by atoms with Gasteiger partial charge in [0.25, 0.3) is 0 Å². The molecule has 0 saturated carbocycles. The maximum absolute atomic E-state index is 14.4. The first kappa shape index (κ1) is 26.6. The molecule has 204 valence electrons. The van der Waals surface area contributed by atoms with Gasteiger partial charge in [-0.1, -0.05) is 68.5 Å². The van der Waals surface area contributed by atoms with Crippen LogP contribution in [0.3, 0.4) is 0 Å². The molecule has 4 aliphatic rings. The van der Waals surface area contributed by atoms with Gasteiger partial charge < -0.3 is 24.4 Å². The lowest BCUT2D eigenvalue weighted by Gasteiger charge is -2.39. The molecule has 5 rings (SSSR count). The molecular formula is C30H38N2O6. The van der Waals surface area contributed by atoms with Crippen LogP contribution in [0.5, 0.6) is 0 Å². The van der Waals surface area contributed by atoms with Gasteiger partial charge in [0, 0.05) is 13.1 Å². The van der Waals surface area contributed by atoms with Crippen LogP contribution in [0.15, 0.2) is 54.6 Å². The average molecular weight is 523 g/mol. The number of cyclic esters (lactones) is 1. The van der Waals surface area contributed by atoms with Gasteiger partial charge in [-0.2, -0.15) is 0 Å². The fraction of sp³-hybridized carbons (Fsp3) is 0.567. The molecule has 38 heavy (non-hydrogen) atoms. The minimum absolute atomic E-state index is 0.184. The molecule has 1 aromatic rings. The van der Waals surface area contributed by atoms with Gasteiger partial charge >= 0.3 is 5.97 Å². The van der Waals surface area contributed by atoms with Crippen LogP contribution >= 0.6 is 0 Å². The predicted octanol–water partition coefficient (Wildman–Crippen LogP) is 2.86. The molecule has 1 unspecified atom stereocenters. The summed E-state index contributed by atoms with van der Waals surface area (Å²) in [5, 5.41) is 10.4. The standard InChI is InChI=1S/C30H38N2O6/c1-20(2)17-22(19-33)32-26-28(35)31(18-21-11-6-5-7-12-21)15-10-14-30(26)25(27(32)34)24-23(38-30)13-8-3-4-9-16-37-29(24)36/h5-8,10-14,20,22-26,33H,3-4,9,15-19H2,1-2H3/b13-8-/t22-,23-,24+,25+,26?,30+/m1/s1. The third kappa shape index (κ3) is 4.69. The second kappa shape index (κ2) is 11.0. The van der Waals surface area contributed by atoms with Crippen molar-refractivity contribution in [1.82, 2.24) is 9.80 Å². The van der Waals surface area contributed by atoms with E-state index in [0.29, 0.717) is 26.1 Å². The number of benzene rings is 1. The first-order valence-corrected chi connectivity index (χ1v) is 13.8. The van der Waals surface area contributed by atoms with Crippen molar-refractivity contribution in [3.8, 4) is 0 Å². The van der Waals surface area contributed by atoms with Crippen LogP contribution in [-0.2, 0) is 30.4 Å². The summed E-state index contributed by atoms with van der Waals surface area (Å²) < 4.78 is 12.3. The average Bonchev–Trinajstić information content (AvgIpc) is 3.30.